The summed E-state index contributed by atoms with van der Waals surface area (Å²) in [5.41, 5.74) is 4.40. The fraction of sp³-hybridized carbons (Fsp3) is 0.381. The van der Waals surface area contributed by atoms with Gasteiger partial charge < -0.3 is 18.9 Å². The molecule has 0 N–H and O–H groups in total. The van der Waals surface area contributed by atoms with Crippen LogP contribution in [0.1, 0.15) is 77.0 Å². The Bertz CT molecular complexity index is 1530. The molecule has 238 valence electrons. The van der Waals surface area contributed by atoms with Crippen LogP contribution in [-0.2, 0) is 0 Å². The van der Waals surface area contributed by atoms with Crippen molar-refractivity contribution in [3.8, 4) is 45.3 Å². The van der Waals surface area contributed by atoms with Crippen LogP contribution >= 0.6 is 0 Å². The Balaban J connectivity index is 1.55. The molecule has 0 saturated carbocycles. The number of hydrogen-bond donors (Lipinski definition) is 0. The van der Waals surface area contributed by atoms with Gasteiger partial charge in [0.2, 0.25) is 0 Å². The van der Waals surface area contributed by atoms with E-state index in [-0.39, 0.29) is 0 Å². The van der Waals surface area contributed by atoms with E-state index >= 15 is 0 Å². The van der Waals surface area contributed by atoms with Gasteiger partial charge in [0.25, 0.3) is 0 Å². The molecule has 0 spiro atoms. The number of benzene rings is 5. The maximum Gasteiger partial charge on any atom is 0.130 e. The van der Waals surface area contributed by atoms with Crippen LogP contribution in [0.5, 0.6) is 23.0 Å². The van der Waals surface area contributed by atoms with Crippen LogP contribution in [-0.4, -0.2) is 26.4 Å². The zero-order valence-electron chi connectivity index (χ0n) is 27.0. The summed E-state index contributed by atoms with van der Waals surface area (Å²) in [5, 5.41) is 4.67. The van der Waals surface area contributed by atoms with Crippen molar-refractivity contribution in [2.45, 2.75) is 77.0 Å². The average molecular weight is 615 g/mol. The van der Waals surface area contributed by atoms with Gasteiger partial charge in [-0.2, -0.15) is 0 Å². The molecule has 4 heteroatoms. The first-order valence-electron chi connectivity index (χ1n) is 17.6. The molecule has 0 saturated heterocycles. The highest BCUT2D eigenvalue weighted by Gasteiger charge is 2.25. The summed E-state index contributed by atoms with van der Waals surface area (Å²) < 4.78 is 26.7. The Kier molecular flexibility index (Phi) is 9.90. The van der Waals surface area contributed by atoms with E-state index < -0.39 is 0 Å². The van der Waals surface area contributed by atoms with Gasteiger partial charge in [-0.25, -0.2) is 0 Å². The van der Waals surface area contributed by atoms with Crippen LogP contribution < -0.4 is 18.9 Å². The Labute approximate surface area is 273 Å². The molecule has 0 fully saturated rings. The van der Waals surface area contributed by atoms with E-state index in [1.807, 2.05) is 0 Å². The number of rotatable bonds is 0. The van der Waals surface area contributed by atoms with Crippen LogP contribution in [0.2, 0.25) is 0 Å². The topological polar surface area (TPSA) is 36.9 Å². The van der Waals surface area contributed by atoms with Crippen molar-refractivity contribution < 1.29 is 18.9 Å². The lowest BCUT2D eigenvalue weighted by Gasteiger charge is -2.24. The van der Waals surface area contributed by atoms with Crippen LogP contribution in [0.4, 0.5) is 0 Å². The monoisotopic (exact) mass is 614 g/mol. The fourth-order valence-corrected chi connectivity index (χ4v) is 7.21. The largest absolute Gasteiger partial charge is 0.493 e. The van der Waals surface area contributed by atoms with Crippen molar-refractivity contribution >= 4 is 21.5 Å². The molecule has 2 aliphatic rings. The molecule has 0 unspecified atom stereocenters. The highest BCUT2D eigenvalue weighted by molar-refractivity contribution is 6.23. The zero-order valence-corrected chi connectivity index (χ0v) is 27.0. The van der Waals surface area contributed by atoms with Crippen LogP contribution in [0.15, 0.2) is 84.9 Å². The third-order valence-electron chi connectivity index (χ3n) is 9.52. The summed E-state index contributed by atoms with van der Waals surface area (Å²) in [6, 6.07) is 30.3. The van der Waals surface area contributed by atoms with Gasteiger partial charge in [-0.15, -0.1) is 0 Å². The van der Waals surface area contributed by atoms with Gasteiger partial charge in [0.1, 0.15) is 23.0 Å². The summed E-state index contributed by atoms with van der Waals surface area (Å²) >= 11 is 0. The van der Waals surface area contributed by atoms with Crippen molar-refractivity contribution in [1.82, 2.24) is 0 Å². The molecule has 0 aliphatic carbocycles. The van der Waals surface area contributed by atoms with Gasteiger partial charge in [-0.1, -0.05) is 112 Å². The highest BCUT2D eigenvalue weighted by atomic mass is 16.5. The Morgan fingerprint density at radius 1 is 0.261 bits per heavy atom. The van der Waals surface area contributed by atoms with Gasteiger partial charge in [-0.05, 0) is 71.5 Å². The molecule has 2 aliphatic heterocycles. The van der Waals surface area contributed by atoms with E-state index in [0.717, 1.165) is 96.6 Å². The number of ether oxygens (including phenoxy) is 4. The van der Waals surface area contributed by atoms with E-state index in [0.29, 0.717) is 26.4 Å². The molecule has 0 aromatic heterocycles. The predicted octanol–water partition coefficient (Wildman–Crippen LogP) is 11.6. The lowest BCUT2D eigenvalue weighted by atomic mass is 9.85. The molecule has 0 radical (unpaired) electrons. The van der Waals surface area contributed by atoms with E-state index in [9.17, 15) is 0 Å². The molecule has 2 heterocycles. The van der Waals surface area contributed by atoms with Gasteiger partial charge in [0.05, 0.1) is 37.6 Å². The molecule has 4 bridgehead atoms. The minimum atomic E-state index is 0.696. The lowest BCUT2D eigenvalue weighted by molar-refractivity contribution is 0.285. The average Bonchev–Trinajstić information content (AvgIpc) is 3.09. The molecular formula is C42H46O4. The number of hydrogen-bond acceptors (Lipinski definition) is 4. The normalized spacial score (nSPS) is 16.9. The third kappa shape index (κ3) is 6.54. The summed E-state index contributed by atoms with van der Waals surface area (Å²) in [6.45, 7) is 2.78. The Morgan fingerprint density at radius 2 is 0.522 bits per heavy atom. The minimum Gasteiger partial charge on any atom is -0.493 e. The molecule has 4 nitrogen and oxygen atoms in total. The first kappa shape index (κ1) is 30.5. The first-order valence-corrected chi connectivity index (χ1v) is 17.6. The van der Waals surface area contributed by atoms with Gasteiger partial charge in [0.15, 0.2) is 0 Å². The quantitative estimate of drug-likeness (QED) is 0.163. The second-order valence-corrected chi connectivity index (χ2v) is 12.7. The smallest absolute Gasteiger partial charge is 0.130 e. The standard InChI is InChI=1S/C42H46O4/c1-2-6-14-28-44-36-24-18-26-38-42(36)40-33-21-11-9-19-31(33)39(32-20-10-12-22-34(32)40)41-35(43-27-13-5-1)23-17-25-37(41)45-29-15-7-3-4-8-16-30-46-38/h9-12,17-26H,1-8,13-16,27-30H2. The molecule has 7 rings (SSSR count). The SMILES string of the molecule is c1cc2c3c(c1)OCCCCCCCCOc1cccc(c1-c1c4ccccc4c-3c3ccccc13)OCCCCCCCCO2. The van der Waals surface area contributed by atoms with Gasteiger partial charge in [0, 0.05) is 11.1 Å². The minimum absolute atomic E-state index is 0.696. The third-order valence-corrected chi connectivity index (χ3v) is 9.52. The lowest BCUT2D eigenvalue weighted by Crippen LogP contribution is -2.05. The summed E-state index contributed by atoms with van der Waals surface area (Å²) in [4.78, 5) is 0. The van der Waals surface area contributed by atoms with E-state index in [1.165, 1.54) is 47.2 Å². The molecule has 0 atom stereocenters. The van der Waals surface area contributed by atoms with Gasteiger partial charge in [-0.3, -0.25) is 0 Å². The van der Waals surface area contributed by atoms with Crippen molar-refractivity contribution in [3.63, 3.8) is 0 Å². The van der Waals surface area contributed by atoms with Crippen molar-refractivity contribution in [2.75, 3.05) is 26.4 Å². The molecule has 0 amide bonds. The summed E-state index contributed by atoms with van der Waals surface area (Å²) in [6.07, 6.45) is 13.7. The van der Waals surface area contributed by atoms with Crippen LogP contribution in [0, 0.1) is 0 Å². The molecular weight excluding hydrogens is 568 g/mol. The van der Waals surface area contributed by atoms with Crippen LogP contribution in [0.3, 0.4) is 0 Å². The fourth-order valence-electron chi connectivity index (χ4n) is 7.21. The second-order valence-electron chi connectivity index (χ2n) is 12.7. The van der Waals surface area contributed by atoms with Gasteiger partial charge >= 0.3 is 0 Å². The van der Waals surface area contributed by atoms with Crippen molar-refractivity contribution in [2.24, 2.45) is 0 Å². The van der Waals surface area contributed by atoms with E-state index in [1.54, 1.807) is 0 Å². The Morgan fingerprint density at radius 3 is 0.804 bits per heavy atom. The van der Waals surface area contributed by atoms with Crippen molar-refractivity contribution in [1.29, 1.82) is 0 Å². The predicted molar refractivity (Wildman–Crippen MR) is 190 cm³/mol. The van der Waals surface area contributed by atoms with Crippen LogP contribution in [0.25, 0.3) is 43.8 Å². The maximum absolute atomic E-state index is 6.67. The molecule has 46 heavy (non-hydrogen) atoms. The van der Waals surface area contributed by atoms with Crippen molar-refractivity contribution in [3.05, 3.63) is 84.9 Å². The molecule has 5 aromatic carbocycles. The molecule has 5 aromatic rings. The first-order chi connectivity index (χ1) is 22.9. The maximum atomic E-state index is 6.67. The van der Waals surface area contributed by atoms with E-state index in [4.69, 9.17) is 18.9 Å². The summed E-state index contributed by atoms with van der Waals surface area (Å²) in [7, 11) is 0. The second kappa shape index (κ2) is 14.9. The Hall–Kier alpha value is -4.18. The highest BCUT2D eigenvalue weighted by Crippen LogP contribution is 2.52. The zero-order chi connectivity index (χ0) is 31.0. The summed E-state index contributed by atoms with van der Waals surface area (Å²) in [5.74, 6) is 3.57. The van der Waals surface area contributed by atoms with E-state index in [2.05, 4.69) is 84.9 Å². The number of fused-ring (bicyclic) bond motifs is 1.